The number of nitrogens with one attached hydrogen (secondary N) is 1. The number of rotatable bonds is 5. The Kier molecular flexibility index (Phi) is 4.91. The van der Waals surface area contributed by atoms with Crippen LogP contribution in [0.2, 0.25) is 0 Å². The largest absolute Gasteiger partial charge is 0.497 e. The number of amides is 1. The van der Waals surface area contributed by atoms with Gasteiger partial charge in [0.1, 0.15) is 17.0 Å². The number of aromatic nitrogens is 1. The third-order valence-corrected chi connectivity index (χ3v) is 4.59. The Morgan fingerprint density at radius 3 is 2.48 bits per heavy atom. The highest BCUT2D eigenvalue weighted by Gasteiger charge is 2.14. The SMILES string of the molecule is COc1ccc(C(=O)Nc2ccc(-c3nc4ccc(C)cc4o3)cc2)c(OC)c1. The number of carbonyl (C=O) groups excluding carboxylic acids is 1. The molecule has 146 valence electrons. The molecule has 3 aromatic carbocycles. The molecule has 0 aliphatic heterocycles. The van der Waals surface area contributed by atoms with Gasteiger partial charge in [-0.3, -0.25) is 4.79 Å². The van der Waals surface area contributed by atoms with Crippen LogP contribution in [0.3, 0.4) is 0 Å². The van der Waals surface area contributed by atoms with Gasteiger partial charge in [0, 0.05) is 17.3 Å². The smallest absolute Gasteiger partial charge is 0.259 e. The van der Waals surface area contributed by atoms with Crippen molar-refractivity contribution in [1.82, 2.24) is 4.98 Å². The molecule has 29 heavy (non-hydrogen) atoms. The molecule has 0 saturated heterocycles. The van der Waals surface area contributed by atoms with E-state index >= 15 is 0 Å². The number of oxazole rings is 1. The molecule has 4 aromatic rings. The third kappa shape index (κ3) is 3.78. The fraction of sp³-hybridized carbons (Fsp3) is 0.130. The third-order valence-electron chi connectivity index (χ3n) is 4.59. The Bertz CT molecular complexity index is 1180. The number of anilines is 1. The summed E-state index contributed by atoms with van der Waals surface area (Å²) in [5, 5.41) is 2.87. The molecule has 6 heteroatoms. The molecule has 0 fully saturated rings. The zero-order valence-electron chi connectivity index (χ0n) is 16.4. The molecule has 0 aliphatic carbocycles. The summed E-state index contributed by atoms with van der Waals surface area (Å²) in [6.45, 7) is 2.01. The molecule has 6 nitrogen and oxygen atoms in total. The number of methoxy groups -OCH3 is 2. The molecule has 0 radical (unpaired) electrons. The number of aryl methyl sites for hydroxylation is 1. The van der Waals surface area contributed by atoms with Crippen molar-refractivity contribution in [2.75, 3.05) is 19.5 Å². The maximum atomic E-state index is 12.6. The van der Waals surface area contributed by atoms with Crippen molar-refractivity contribution in [3.63, 3.8) is 0 Å². The van der Waals surface area contributed by atoms with Gasteiger partial charge in [0.25, 0.3) is 5.91 Å². The number of hydrogen-bond acceptors (Lipinski definition) is 5. The Hall–Kier alpha value is -3.80. The summed E-state index contributed by atoms with van der Waals surface area (Å²) in [4.78, 5) is 17.2. The van der Waals surface area contributed by atoms with Crippen LogP contribution >= 0.6 is 0 Å². The number of carbonyl (C=O) groups is 1. The van der Waals surface area contributed by atoms with Crippen molar-refractivity contribution in [2.24, 2.45) is 0 Å². The van der Waals surface area contributed by atoms with Gasteiger partial charge in [-0.05, 0) is 61.0 Å². The average Bonchev–Trinajstić information content (AvgIpc) is 3.16. The summed E-state index contributed by atoms with van der Waals surface area (Å²) >= 11 is 0. The summed E-state index contributed by atoms with van der Waals surface area (Å²) in [6, 6.07) is 18.3. The first-order valence-electron chi connectivity index (χ1n) is 9.08. The molecule has 0 aliphatic rings. The minimum absolute atomic E-state index is 0.269. The lowest BCUT2D eigenvalue weighted by Gasteiger charge is -2.11. The molecule has 1 aromatic heterocycles. The molecule has 4 rings (SSSR count). The normalized spacial score (nSPS) is 10.7. The fourth-order valence-corrected chi connectivity index (χ4v) is 3.04. The summed E-state index contributed by atoms with van der Waals surface area (Å²) in [7, 11) is 3.08. The van der Waals surface area contributed by atoms with Gasteiger partial charge in [0.15, 0.2) is 5.58 Å². The van der Waals surface area contributed by atoms with Crippen molar-refractivity contribution in [3.8, 4) is 23.0 Å². The van der Waals surface area contributed by atoms with Crippen LogP contribution in [0.1, 0.15) is 15.9 Å². The average molecular weight is 388 g/mol. The molecular weight excluding hydrogens is 368 g/mol. The molecule has 0 spiro atoms. The first kappa shape index (κ1) is 18.6. The van der Waals surface area contributed by atoms with Gasteiger partial charge in [-0.2, -0.15) is 0 Å². The molecule has 0 atom stereocenters. The van der Waals surface area contributed by atoms with Crippen molar-refractivity contribution in [3.05, 3.63) is 71.8 Å². The van der Waals surface area contributed by atoms with E-state index in [1.165, 1.54) is 7.11 Å². The van der Waals surface area contributed by atoms with Crippen LogP contribution in [0.5, 0.6) is 11.5 Å². The zero-order chi connectivity index (χ0) is 20.4. The fourth-order valence-electron chi connectivity index (χ4n) is 3.04. The summed E-state index contributed by atoms with van der Waals surface area (Å²) in [6.07, 6.45) is 0. The quantitative estimate of drug-likeness (QED) is 0.516. The van der Waals surface area contributed by atoms with E-state index in [1.54, 1.807) is 25.3 Å². The predicted octanol–water partition coefficient (Wildman–Crippen LogP) is 5.07. The standard InChI is InChI=1S/C23H20N2O4/c1-14-4-11-19-21(12-14)29-23(25-19)15-5-7-16(8-6-15)24-22(26)18-10-9-17(27-2)13-20(18)28-3/h4-13H,1-3H3,(H,24,26). The second-order valence-electron chi connectivity index (χ2n) is 6.59. The van der Waals surface area contributed by atoms with E-state index in [4.69, 9.17) is 13.9 Å². The predicted molar refractivity (Wildman–Crippen MR) is 112 cm³/mol. The van der Waals surface area contributed by atoms with Gasteiger partial charge in [-0.15, -0.1) is 0 Å². The highest BCUT2D eigenvalue weighted by Crippen LogP contribution is 2.28. The maximum Gasteiger partial charge on any atom is 0.259 e. The summed E-state index contributed by atoms with van der Waals surface area (Å²) in [5.74, 6) is 1.34. The molecule has 1 amide bonds. The van der Waals surface area contributed by atoms with Crippen LogP contribution in [0.25, 0.3) is 22.6 Å². The van der Waals surface area contributed by atoms with E-state index in [-0.39, 0.29) is 5.91 Å². The van der Waals surface area contributed by atoms with Gasteiger partial charge >= 0.3 is 0 Å². The number of benzene rings is 3. The van der Waals surface area contributed by atoms with Crippen LogP contribution in [0, 0.1) is 6.92 Å². The molecular formula is C23H20N2O4. The van der Waals surface area contributed by atoms with E-state index < -0.39 is 0 Å². The number of hydrogen-bond donors (Lipinski definition) is 1. The van der Waals surface area contributed by atoms with E-state index in [9.17, 15) is 4.79 Å². The van der Waals surface area contributed by atoms with E-state index in [0.29, 0.717) is 28.6 Å². The van der Waals surface area contributed by atoms with E-state index in [0.717, 1.165) is 22.2 Å². The molecule has 1 heterocycles. The maximum absolute atomic E-state index is 12.6. The van der Waals surface area contributed by atoms with Gasteiger partial charge < -0.3 is 19.2 Å². The summed E-state index contributed by atoms with van der Waals surface area (Å²) < 4.78 is 16.3. The van der Waals surface area contributed by atoms with Gasteiger partial charge in [-0.25, -0.2) is 4.98 Å². The lowest BCUT2D eigenvalue weighted by molar-refractivity contribution is 0.102. The first-order valence-corrected chi connectivity index (χ1v) is 9.08. The number of fused-ring (bicyclic) bond motifs is 1. The van der Waals surface area contributed by atoms with Crippen LogP contribution < -0.4 is 14.8 Å². The van der Waals surface area contributed by atoms with Crippen LogP contribution in [-0.4, -0.2) is 25.1 Å². The van der Waals surface area contributed by atoms with Crippen LogP contribution in [0.4, 0.5) is 5.69 Å². The number of ether oxygens (including phenoxy) is 2. The number of nitrogens with zero attached hydrogens (tertiary/aromatic N) is 1. The lowest BCUT2D eigenvalue weighted by Crippen LogP contribution is -2.13. The van der Waals surface area contributed by atoms with Gasteiger partial charge in [0.05, 0.1) is 19.8 Å². The van der Waals surface area contributed by atoms with Crippen molar-refractivity contribution in [2.45, 2.75) is 6.92 Å². The van der Waals surface area contributed by atoms with Crippen molar-refractivity contribution >= 4 is 22.7 Å². The molecule has 1 N–H and O–H groups in total. The van der Waals surface area contributed by atoms with Gasteiger partial charge in [-0.1, -0.05) is 6.07 Å². The zero-order valence-corrected chi connectivity index (χ0v) is 16.4. The van der Waals surface area contributed by atoms with Crippen LogP contribution in [-0.2, 0) is 0 Å². The minimum atomic E-state index is -0.269. The molecule has 0 saturated carbocycles. The van der Waals surface area contributed by atoms with Crippen molar-refractivity contribution < 1.29 is 18.7 Å². The first-order chi connectivity index (χ1) is 14.1. The van der Waals surface area contributed by atoms with Crippen LogP contribution in [0.15, 0.2) is 65.1 Å². The molecule has 0 unspecified atom stereocenters. The Morgan fingerprint density at radius 2 is 1.76 bits per heavy atom. The lowest BCUT2D eigenvalue weighted by atomic mass is 10.1. The topological polar surface area (TPSA) is 73.6 Å². The Labute approximate surface area is 168 Å². The van der Waals surface area contributed by atoms with Crippen molar-refractivity contribution in [1.29, 1.82) is 0 Å². The highest BCUT2D eigenvalue weighted by molar-refractivity contribution is 6.06. The van der Waals surface area contributed by atoms with Gasteiger partial charge in [0.2, 0.25) is 5.89 Å². The van der Waals surface area contributed by atoms with E-state index in [1.807, 2.05) is 49.4 Å². The minimum Gasteiger partial charge on any atom is -0.497 e. The monoisotopic (exact) mass is 388 g/mol. The summed E-state index contributed by atoms with van der Waals surface area (Å²) in [5.41, 5.74) is 4.60. The Morgan fingerprint density at radius 1 is 0.966 bits per heavy atom. The van der Waals surface area contributed by atoms with E-state index in [2.05, 4.69) is 10.3 Å². The Balaban J connectivity index is 1.54. The molecule has 0 bridgehead atoms. The second kappa shape index (κ2) is 7.67. The highest BCUT2D eigenvalue weighted by atomic mass is 16.5. The second-order valence-corrected chi connectivity index (χ2v) is 6.59.